The topological polar surface area (TPSA) is 77.0 Å². The number of benzene rings is 2. The van der Waals surface area contributed by atoms with Crippen molar-refractivity contribution in [2.45, 2.75) is 13.0 Å². The lowest BCUT2D eigenvalue weighted by molar-refractivity contribution is 0.297. The molecule has 2 heterocycles. The van der Waals surface area contributed by atoms with E-state index in [2.05, 4.69) is 20.6 Å². The van der Waals surface area contributed by atoms with Crippen molar-refractivity contribution in [3.63, 3.8) is 0 Å². The van der Waals surface area contributed by atoms with Gasteiger partial charge in [0.2, 0.25) is 5.88 Å². The molecule has 9 heteroatoms. The molecule has 0 radical (unpaired) electrons. The van der Waals surface area contributed by atoms with E-state index in [1.807, 2.05) is 30.3 Å². The zero-order valence-corrected chi connectivity index (χ0v) is 19.8. The number of hydrogen-bond acceptors (Lipinski definition) is 5. The van der Waals surface area contributed by atoms with Crippen molar-refractivity contribution in [3.8, 4) is 23.1 Å². The summed E-state index contributed by atoms with van der Waals surface area (Å²) in [7, 11) is 1.70. The molecule has 2 N–H and O–H groups in total. The number of hydrogen-bond donors (Lipinski definition) is 2. The second-order valence-electron chi connectivity index (χ2n) is 6.82. The molecule has 0 fully saturated rings. The largest absolute Gasteiger partial charge is 0.490 e. The van der Waals surface area contributed by atoms with Crippen molar-refractivity contribution in [3.05, 3.63) is 72.2 Å². The van der Waals surface area contributed by atoms with Crippen LogP contribution in [0.4, 0.5) is 10.1 Å². The Morgan fingerprint density at radius 2 is 1.84 bits per heavy atom. The third-order valence-corrected chi connectivity index (χ3v) is 4.53. The van der Waals surface area contributed by atoms with Gasteiger partial charge in [-0.15, -0.1) is 24.0 Å². The van der Waals surface area contributed by atoms with E-state index < -0.39 is 0 Å². The van der Waals surface area contributed by atoms with Crippen LogP contribution in [0.15, 0.2) is 65.8 Å². The molecule has 1 aliphatic rings. The van der Waals surface area contributed by atoms with E-state index in [1.165, 1.54) is 12.1 Å². The molecular formula is C23H24FIN4O3. The smallest absolute Gasteiger partial charge is 0.219 e. The van der Waals surface area contributed by atoms with Crippen molar-refractivity contribution in [1.82, 2.24) is 10.3 Å². The number of aliphatic imine (C=N–C) groups is 1. The lowest BCUT2D eigenvalue weighted by atomic mass is 10.2. The van der Waals surface area contributed by atoms with Gasteiger partial charge < -0.3 is 24.8 Å². The van der Waals surface area contributed by atoms with Crippen molar-refractivity contribution in [2.75, 3.05) is 25.6 Å². The van der Waals surface area contributed by atoms with Crippen LogP contribution in [-0.4, -0.2) is 31.2 Å². The Kier molecular flexibility index (Phi) is 8.48. The Morgan fingerprint density at radius 1 is 1.06 bits per heavy atom. The average Bonchev–Trinajstić information content (AvgIpc) is 3.03. The fourth-order valence-electron chi connectivity index (χ4n) is 2.98. The standard InChI is InChI=1S/C23H23FN4O3.HI/c1-25-23(28-18-5-8-20-21(14-18)30-12-2-11-29-20)27-15-16-9-10-26-22(13-16)31-19-6-3-17(24)4-7-19;/h3-10,13-14H,2,11-12,15H2,1H3,(H2,25,27,28);1H. The average molecular weight is 550 g/mol. The minimum absolute atomic E-state index is 0. The highest BCUT2D eigenvalue weighted by Crippen LogP contribution is 2.32. The highest BCUT2D eigenvalue weighted by molar-refractivity contribution is 14.0. The van der Waals surface area contributed by atoms with Crippen LogP contribution in [0.2, 0.25) is 0 Å². The number of guanidine groups is 1. The molecule has 0 aliphatic carbocycles. The van der Waals surface area contributed by atoms with Crippen LogP contribution in [0.3, 0.4) is 0 Å². The first-order valence-corrected chi connectivity index (χ1v) is 9.95. The van der Waals surface area contributed by atoms with Crippen molar-refractivity contribution < 1.29 is 18.6 Å². The molecule has 3 aromatic rings. The summed E-state index contributed by atoms with van der Waals surface area (Å²) in [6.45, 7) is 1.79. The van der Waals surface area contributed by atoms with Gasteiger partial charge in [-0.25, -0.2) is 9.37 Å². The number of halogens is 2. The summed E-state index contributed by atoms with van der Waals surface area (Å²) in [6, 6.07) is 15.2. The van der Waals surface area contributed by atoms with Gasteiger partial charge in [0, 0.05) is 44.0 Å². The van der Waals surface area contributed by atoms with Gasteiger partial charge in [0.05, 0.1) is 13.2 Å². The normalized spacial score (nSPS) is 12.9. The second-order valence-corrected chi connectivity index (χ2v) is 6.82. The van der Waals surface area contributed by atoms with Gasteiger partial charge in [0.15, 0.2) is 17.5 Å². The first-order chi connectivity index (χ1) is 15.2. The predicted molar refractivity (Wildman–Crippen MR) is 132 cm³/mol. The van der Waals surface area contributed by atoms with Crippen LogP contribution < -0.4 is 24.8 Å². The molecule has 0 unspecified atom stereocenters. The van der Waals surface area contributed by atoms with Gasteiger partial charge in [0.1, 0.15) is 11.6 Å². The van der Waals surface area contributed by atoms with Crippen molar-refractivity contribution in [1.29, 1.82) is 0 Å². The minimum Gasteiger partial charge on any atom is -0.490 e. The van der Waals surface area contributed by atoms with Gasteiger partial charge in [-0.2, -0.15) is 0 Å². The van der Waals surface area contributed by atoms with Crippen molar-refractivity contribution in [2.24, 2.45) is 4.99 Å². The van der Waals surface area contributed by atoms with E-state index in [9.17, 15) is 4.39 Å². The number of rotatable bonds is 5. The fourth-order valence-corrected chi connectivity index (χ4v) is 2.98. The Hall–Kier alpha value is -3.08. The predicted octanol–water partition coefficient (Wildman–Crippen LogP) is 4.98. The first-order valence-electron chi connectivity index (χ1n) is 9.95. The van der Waals surface area contributed by atoms with Crippen LogP contribution >= 0.6 is 24.0 Å². The van der Waals surface area contributed by atoms with Crippen LogP contribution in [0, 0.1) is 5.82 Å². The van der Waals surface area contributed by atoms with E-state index in [0.29, 0.717) is 37.3 Å². The molecule has 0 atom stereocenters. The van der Waals surface area contributed by atoms with Crippen LogP contribution in [0.5, 0.6) is 23.1 Å². The van der Waals surface area contributed by atoms with Gasteiger partial charge in [-0.05, 0) is 48.0 Å². The number of ether oxygens (including phenoxy) is 3. The molecule has 0 spiro atoms. The van der Waals surface area contributed by atoms with Gasteiger partial charge in [0.25, 0.3) is 0 Å². The summed E-state index contributed by atoms with van der Waals surface area (Å²) in [5.41, 5.74) is 1.79. The third-order valence-electron chi connectivity index (χ3n) is 4.53. The minimum atomic E-state index is -0.314. The molecular weight excluding hydrogens is 526 g/mol. The first kappa shape index (κ1) is 23.6. The van der Waals surface area contributed by atoms with Crippen molar-refractivity contribution >= 4 is 35.6 Å². The highest BCUT2D eigenvalue weighted by atomic mass is 127. The Balaban J connectivity index is 0.00000289. The highest BCUT2D eigenvalue weighted by Gasteiger charge is 2.11. The maximum absolute atomic E-state index is 13.0. The lowest BCUT2D eigenvalue weighted by Crippen LogP contribution is -2.30. The lowest BCUT2D eigenvalue weighted by Gasteiger charge is -2.14. The van der Waals surface area contributed by atoms with Crippen LogP contribution in [0.25, 0.3) is 0 Å². The van der Waals surface area contributed by atoms with E-state index in [-0.39, 0.29) is 29.8 Å². The van der Waals surface area contributed by atoms with Gasteiger partial charge in [-0.1, -0.05) is 0 Å². The number of pyridine rings is 1. The second kappa shape index (κ2) is 11.5. The molecule has 4 rings (SSSR count). The van der Waals surface area contributed by atoms with E-state index in [0.717, 1.165) is 29.2 Å². The molecule has 1 aromatic heterocycles. The molecule has 1 aliphatic heterocycles. The molecule has 0 bridgehead atoms. The number of nitrogens with one attached hydrogen (secondary N) is 2. The Morgan fingerprint density at radius 3 is 2.62 bits per heavy atom. The van der Waals surface area contributed by atoms with E-state index in [1.54, 1.807) is 25.4 Å². The molecule has 32 heavy (non-hydrogen) atoms. The molecule has 0 saturated carbocycles. The monoisotopic (exact) mass is 550 g/mol. The SMILES string of the molecule is CN=C(NCc1ccnc(Oc2ccc(F)cc2)c1)Nc1ccc2c(c1)OCCCO2.I. The van der Waals surface area contributed by atoms with Crippen LogP contribution in [0.1, 0.15) is 12.0 Å². The molecule has 2 aromatic carbocycles. The number of aromatic nitrogens is 1. The van der Waals surface area contributed by atoms with Gasteiger partial charge >= 0.3 is 0 Å². The summed E-state index contributed by atoms with van der Waals surface area (Å²) in [5.74, 6) is 2.70. The van der Waals surface area contributed by atoms with E-state index >= 15 is 0 Å². The Labute approximate surface area is 203 Å². The third kappa shape index (κ3) is 6.46. The number of nitrogens with zero attached hydrogens (tertiary/aromatic N) is 2. The summed E-state index contributed by atoms with van der Waals surface area (Å²) in [5, 5.41) is 6.51. The zero-order valence-electron chi connectivity index (χ0n) is 17.5. The zero-order chi connectivity index (χ0) is 21.5. The summed E-state index contributed by atoms with van der Waals surface area (Å²) >= 11 is 0. The molecule has 0 saturated heterocycles. The number of fused-ring (bicyclic) bond motifs is 1. The van der Waals surface area contributed by atoms with E-state index in [4.69, 9.17) is 14.2 Å². The summed E-state index contributed by atoms with van der Waals surface area (Å²) < 4.78 is 30.1. The Bertz CT molecular complexity index is 1060. The van der Waals surface area contributed by atoms with Crippen LogP contribution in [-0.2, 0) is 6.54 Å². The maximum atomic E-state index is 13.0. The van der Waals surface area contributed by atoms with Gasteiger partial charge in [-0.3, -0.25) is 4.99 Å². The summed E-state index contributed by atoms with van der Waals surface area (Å²) in [4.78, 5) is 8.47. The molecule has 168 valence electrons. The summed E-state index contributed by atoms with van der Waals surface area (Å²) in [6.07, 6.45) is 2.52. The number of anilines is 1. The molecule has 0 amide bonds. The quantitative estimate of drug-likeness (QED) is 0.265. The maximum Gasteiger partial charge on any atom is 0.219 e. The fraction of sp³-hybridized carbons (Fsp3) is 0.217. The molecule has 7 nitrogen and oxygen atoms in total.